The molecule has 2 heterocycles. The van der Waals surface area contributed by atoms with E-state index in [4.69, 9.17) is 0 Å². The molecule has 100 valence electrons. The number of anilines is 2. The fraction of sp³-hybridized carbons (Fsp3) is 0.643. The van der Waals surface area contributed by atoms with Gasteiger partial charge in [0.05, 0.1) is 11.9 Å². The van der Waals surface area contributed by atoms with Gasteiger partial charge in [-0.25, -0.2) is 4.98 Å². The second kappa shape index (κ2) is 7.52. The van der Waals surface area contributed by atoms with Gasteiger partial charge in [-0.1, -0.05) is 0 Å². The minimum Gasteiger partial charge on any atom is -0.384 e. The van der Waals surface area contributed by atoms with Crippen molar-refractivity contribution in [2.45, 2.75) is 25.7 Å². The average Bonchev–Trinajstić information content (AvgIpc) is 2.45. The van der Waals surface area contributed by atoms with Crippen molar-refractivity contribution < 1.29 is 0 Å². The van der Waals surface area contributed by atoms with E-state index in [1.165, 1.54) is 31.4 Å². The van der Waals surface area contributed by atoms with Crippen LogP contribution >= 0.6 is 11.8 Å². The van der Waals surface area contributed by atoms with Crippen LogP contribution in [0.1, 0.15) is 25.7 Å². The molecule has 1 aromatic rings. The first kappa shape index (κ1) is 13.5. The maximum Gasteiger partial charge on any atom is 0.128 e. The van der Waals surface area contributed by atoms with Crippen molar-refractivity contribution in [1.82, 2.24) is 4.98 Å². The number of aromatic nitrogens is 1. The maximum atomic E-state index is 4.56. The molecule has 0 unspecified atom stereocenters. The van der Waals surface area contributed by atoms with E-state index in [9.17, 15) is 0 Å². The molecule has 1 N–H and O–H groups in total. The van der Waals surface area contributed by atoms with Crippen LogP contribution < -0.4 is 10.2 Å². The first-order valence-electron chi connectivity index (χ1n) is 6.84. The number of piperidine rings is 1. The van der Waals surface area contributed by atoms with Gasteiger partial charge >= 0.3 is 0 Å². The highest BCUT2D eigenvalue weighted by atomic mass is 32.2. The fourth-order valence-electron chi connectivity index (χ4n) is 2.25. The lowest BCUT2D eigenvalue weighted by molar-refractivity contribution is 0.573. The number of hydrogen-bond acceptors (Lipinski definition) is 4. The number of nitrogens with zero attached hydrogens (tertiary/aromatic N) is 2. The van der Waals surface area contributed by atoms with E-state index < -0.39 is 0 Å². The first-order valence-corrected chi connectivity index (χ1v) is 8.23. The highest BCUT2D eigenvalue weighted by Crippen LogP contribution is 2.18. The number of thioether (sulfide) groups is 1. The number of rotatable bonds is 6. The summed E-state index contributed by atoms with van der Waals surface area (Å²) in [6.45, 7) is 3.35. The van der Waals surface area contributed by atoms with Gasteiger partial charge in [0, 0.05) is 19.6 Å². The van der Waals surface area contributed by atoms with Gasteiger partial charge in [0.25, 0.3) is 0 Å². The van der Waals surface area contributed by atoms with Gasteiger partial charge in [0.2, 0.25) is 0 Å². The molecule has 1 aliphatic rings. The highest BCUT2D eigenvalue weighted by Gasteiger charge is 2.11. The lowest BCUT2D eigenvalue weighted by atomic mass is 10.1. The van der Waals surface area contributed by atoms with Crippen molar-refractivity contribution in [3.63, 3.8) is 0 Å². The summed E-state index contributed by atoms with van der Waals surface area (Å²) in [4.78, 5) is 6.95. The van der Waals surface area contributed by atoms with E-state index in [0.29, 0.717) is 0 Å². The minimum absolute atomic E-state index is 1.03. The monoisotopic (exact) mass is 265 g/mol. The summed E-state index contributed by atoms with van der Waals surface area (Å²) in [7, 11) is 0. The summed E-state index contributed by atoms with van der Waals surface area (Å²) in [6.07, 6.45) is 9.28. The Balaban J connectivity index is 1.81. The predicted octanol–water partition coefficient (Wildman–Crippen LogP) is 3.24. The van der Waals surface area contributed by atoms with Crippen LogP contribution in [0, 0.1) is 0 Å². The van der Waals surface area contributed by atoms with E-state index in [0.717, 1.165) is 31.1 Å². The molecule has 18 heavy (non-hydrogen) atoms. The summed E-state index contributed by atoms with van der Waals surface area (Å²) in [5, 5.41) is 3.42. The van der Waals surface area contributed by atoms with Crippen LogP contribution in [0.15, 0.2) is 18.3 Å². The normalized spacial score (nSPS) is 15.7. The molecule has 0 aliphatic carbocycles. The lowest BCUT2D eigenvalue weighted by Crippen LogP contribution is -2.30. The molecule has 1 saturated heterocycles. The third kappa shape index (κ3) is 4.09. The Hall–Kier alpha value is -0.900. The molecule has 0 aromatic carbocycles. The smallest absolute Gasteiger partial charge is 0.128 e. The molecule has 1 aliphatic heterocycles. The largest absolute Gasteiger partial charge is 0.384 e. The summed E-state index contributed by atoms with van der Waals surface area (Å²) in [6, 6.07) is 4.29. The van der Waals surface area contributed by atoms with E-state index >= 15 is 0 Å². The van der Waals surface area contributed by atoms with Gasteiger partial charge in [-0.3, -0.25) is 0 Å². The summed E-state index contributed by atoms with van der Waals surface area (Å²) >= 11 is 1.90. The van der Waals surface area contributed by atoms with E-state index in [1.807, 2.05) is 18.0 Å². The van der Waals surface area contributed by atoms with Crippen molar-refractivity contribution in [3.8, 4) is 0 Å². The van der Waals surface area contributed by atoms with Gasteiger partial charge in [0.1, 0.15) is 5.82 Å². The van der Waals surface area contributed by atoms with Crippen molar-refractivity contribution in [3.05, 3.63) is 18.3 Å². The summed E-state index contributed by atoms with van der Waals surface area (Å²) in [5.74, 6) is 2.34. The molecule has 0 spiro atoms. The standard InChI is InChI=1S/C14H23N3S/c1-18-11-5-8-15-13-6-7-14(16-12-13)17-9-3-2-4-10-17/h6-7,12,15H,2-5,8-11H2,1H3. The second-order valence-corrected chi connectivity index (χ2v) is 5.71. The van der Waals surface area contributed by atoms with Crippen LogP contribution in [0.2, 0.25) is 0 Å². The second-order valence-electron chi connectivity index (χ2n) is 4.73. The van der Waals surface area contributed by atoms with Crippen molar-refractivity contribution in [2.75, 3.05) is 41.9 Å². The van der Waals surface area contributed by atoms with E-state index in [1.54, 1.807) is 0 Å². The number of nitrogens with one attached hydrogen (secondary N) is 1. The van der Waals surface area contributed by atoms with Gasteiger partial charge in [-0.2, -0.15) is 11.8 Å². The zero-order valence-corrected chi connectivity index (χ0v) is 12.0. The highest BCUT2D eigenvalue weighted by molar-refractivity contribution is 7.98. The molecule has 1 fully saturated rings. The van der Waals surface area contributed by atoms with Gasteiger partial charge in [0.15, 0.2) is 0 Å². The number of pyridine rings is 1. The Labute approximate surface area is 114 Å². The Bertz CT molecular complexity index is 333. The molecular formula is C14H23N3S. The SMILES string of the molecule is CSCCCNc1ccc(N2CCCCC2)nc1. The topological polar surface area (TPSA) is 28.2 Å². The predicted molar refractivity (Wildman–Crippen MR) is 81.8 cm³/mol. The number of hydrogen-bond donors (Lipinski definition) is 1. The van der Waals surface area contributed by atoms with Crippen LogP contribution in [-0.4, -0.2) is 36.6 Å². The molecule has 0 radical (unpaired) electrons. The molecule has 0 bridgehead atoms. The zero-order valence-electron chi connectivity index (χ0n) is 11.2. The molecule has 0 saturated carbocycles. The Kier molecular flexibility index (Phi) is 5.65. The van der Waals surface area contributed by atoms with E-state index in [-0.39, 0.29) is 0 Å². The molecule has 2 rings (SSSR count). The van der Waals surface area contributed by atoms with Crippen LogP contribution in [0.25, 0.3) is 0 Å². The molecular weight excluding hydrogens is 242 g/mol. The quantitative estimate of drug-likeness (QED) is 0.799. The minimum atomic E-state index is 1.03. The third-order valence-electron chi connectivity index (χ3n) is 3.28. The summed E-state index contributed by atoms with van der Waals surface area (Å²) < 4.78 is 0. The van der Waals surface area contributed by atoms with Crippen LogP contribution in [-0.2, 0) is 0 Å². The maximum absolute atomic E-state index is 4.56. The zero-order chi connectivity index (χ0) is 12.6. The molecule has 0 amide bonds. The Morgan fingerprint density at radius 3 is 2.78 bits per heavy atom. The Morgan fingerprint density at radius 1 is 1.28 bits per heavy atom. The molecule has 4 heteroatoms. The van der Waals surface area contributed by atoms with Gasteiger partial charge < -0.3 is 10.2 Å². The van der Waals surface area contributed by atoms with Crippen LogP contribution in [0.3, 0.4) is 0 Å². The third-order valence-corrected chi connectivity index (χ3v) is 3.98. The van der Waals surface area contributed by atoms with Crippen LogP contribution in [0.5, 0.6) is 0 Å². The lowest BCUT2D eigenvalue weighted by Gasteiger charge is -2.27. The summed E-state index contributed by atoms with van der Waals surface area (Å²) in [5.41, 5.74) is 1.14. The molecule has 3 nitrogen and oxygen atoms in total. The Morgan fingerprint density at radius 2 is 2.11 bits per heavy atom. The molecule has 1 aromatic heterocycles. The van der Waals surface area contributed by atoms with Crippen LogP contribution in [0.4, 0.5) is 11.5 Å². The average molecular weight is 265 g/mol. The van der Waals surface area contributed by atoms with Gasteiger partial charge in [-0.15, -0.1) is 0 Å². The first-order chi connectivity index (χ1) is 8.90. The van der Waals surface area contributed by atoms with E-state index in [2.05, 4.69) is 33.6 Å². The van der Waals surface area contributed by atoms with Crippen molar-refractivity contribution in [1.29, 1.82) is 0 Å². The fourth-order valence-corrected chi connectivity index (χ4v) is 2.68. The molecule has 0 atom stereocenters. The van der Waals surface area contributed by atoms with Crippen molar-refractivity contribution >= 4 is 23.3 Å². The van der Waals surface area contributed by atoms with Crippen molar-refractivity contribution in [2.24, 2.45) is 0 Å². The van der Waals surface area contributed by atoms with Gasteiger partial charge in [-0.05, 0) is 49.8 Å².